The predicted octanol–water partition coefficient (Wildman–Crippen LogP) is 24.3. The van der Waals surface area contributed by atoms with Gasteiger partial charge in [0.05, 0.1) is 25.4 Å². The number of aliphatic hydroxyl groups is 2. The molecule has 0 aliphatic heterocycles. The number of unbranched alkanes of at least 4 members (excludes halogenated alkanes) is 53. The Morgan fingerprint density at radius 1 is 0.341 bits per heavy atom. The fourth-order valence-corrected chi connectivity index (χ4v) is 11.7. The molecule has 0 aromatic carbocycles. The molecule has 3 N–H and O–H groups in total. The van der Waals surface area contributed by atoms with Crippen LogP contribution in [0.2, 0.25) is 0 Å². The second-order valence-corrected chi connectivity index (χ2v) is 25.6. The first-order valence-corrected chi connectivity index (χ1v) is 37.2. The summed E-state index contributed by atoms with van der Waals surface area (Å²) in [6.45, 7) is 4.97. The van der Waals surface area contributed by atoms with Crippen LogP contribution in [0.4, 0.5) is 0 Å². The molecule has 0 aliphatic rings. The van der Waals surface area contributed by atoms with Gasteiger partial charge in [0.2, 0.25) is 5.91 Å². The average molecular weight is 1150 g/mol. The third-order valence-electron chi connectivity index (χ3n) is 17.4. The van der Waals surface area contributed by atoms with Gasteiger partial charge >= 0.3 is 5.97 Å². The molecule has 2 unspecified atom stereocenters. The Bertz CT molecular complexity index is 1330. The molecule has 1 amide bonds. The van der Waals surface area contributed by atoms with Crippen molar-refractivity contribution < 1.29 is 24.5 Å². The molecular weight excluding hydrogens is 1010 g/mol. The van der Waals surface area contributed by atoms with Crippen LogP contribution in [0.25, 0.3) is 0 Å². The maximum Gasteiger partial charge on any atom is 0.305 e. The Hall–Kier alpha value is -1.92. The number of hydrogen-bond donors (Lipinski definition) is 3. The normalized spacial score (nSPS) is 12.7. The van der Waals surface area contributed by atoms with E-state index in [4.69, 9.17) is 4.74 Å². The van der Waals surface area contributed by atoms with Crippen LogP contribution >= 0.6 is 0 Å². The molecule has 0 spiro atoms. The van der Waals surface area contributed by atoms with Crippen molar-refractivity contribution >= 4 is 11.9 Å². The Kier molecular flexibility index (Phi) is 69.9. The predicted molar refractivity (Wildman–Crippen MR) is 361 cm³/mol. The number of esters is 1. The van der Waals surface area contributed by atoms with Crippen molar-refractivity contribution in [1.82, 2.24) is 5.32 Å². The van der Waals surface area contributed by atoms with Crippen molar-refractivity contribution in [3.8, 4) is 0 Å². The van der Waals surface area contributed by atoms with Crippen LogP contribution in [0.15, 0.2) is 36.5 Å². The van der Waals surface area contributed by atoms with Gasteiger partial charge in [0.25, 0.3) is 0 Å². The number of carbonyl (C=O) groups is 2. The van der Waals surface area contributed by atoms with Crippen LogP contribution in [0.5, 0.6) is 0 Å². The average Bonchev–Trinajstić information content (AvgIpc) is 3.48. The van der Waals surface area contributed by atoms with Crippen LogP contribution in [-0.4, -0.2) is 47.4 Å². The number of aliphatic hydroxyl groups excluding tert-OH is 2. The molecule has 0 rings (SSSR count). The molecule has 0 bridgehead atoms. The number of hydrogen-bond acceptors (Lipinski definition) is 5. The molecule has 6 heteroatoms. The van der Waals surface area contributed by atoms with E-state index in [1.54, 1.807) is 0 Å². The van der Waals surface area contributed by atoms with Gasteiger partial charge in [0.1, 0.15) is 0 Å². The zero-order valence-corrected chi connectivity index (χ0v) is 55.5. The minimum absolute atomic E-state index is 0.00603. The quantitative estimate of drug-likeness (QED) is 0.0320. The lowest BCUT2D eigenvalue weighted by molar-refractivity contribution is -0.143. The zero-order valence-electron chi connectivity index (χ0n) is 55.5. The molecule has 0 fully saturated rings. The summed E-state index contributed by atoms with van der Waals surface area (Å²) in [5, 5.41) is 23.4. The van der Waals surface area contributed by atoms with E-state index in [1.807, 2.05) is 0 Å². The van der Waals surface area contributed by atoms with E-state index in [9.17, 15) is 19.8 Å². The van der Waals surface area contributed by atoms with E-state index < -0.39 is 12.1 Å². The third-order valence-corrected chi connectivity index (χ3v) is 17.4. The summed E-state index contributed by atoms with van der Waals surface area (Å²) in [4.78, 5) is 24.7. The number of nitrogens with one attached hydrogen (secondary N) is 1. The molecule has 0 saturated carbocycles. The van der Waals surface area contributed by atoms with Crippen LogP contribution in [0.1, 0.15) is 412 Å². The van der Waals surface area contributed by atoms with Crippen molar-refractivity contribution in [2.75, 3.05) is 13.2 Å². The Labute approximate surface area is 513 Å². The summed E-state index contributed by atoms with van der Waals surface area (Å²) in [6, 6.07) is -0.547. The molecule has 0 aliphatic carbocycles. The fourth-order valence-electron chi connectivity index (χ4n) is 11.7. The SMILES string of the molecule is CCCCCC/C=C\C/C=C\CCCCCCCCCC(=O)OCCCCCCCCCCCCCC/C=C\CCCCCCCCCCC(=O)NC(CO)C(O)CCCCCCCCCCCCCCCCCCCCCCCCC. The molecule has 0 aromatic rings. The molecule has 0 aromatic heterocycles. The number of ether oxygens (including phenoxy) is 1. The number of rotatable bonds is 70. The fraction of sp³-hybridized carbons (Fsp3) is 0.895. The van der Waals surface area contributed by atoms with E-state index in [2.05, 4.69) is 55.6 Å². The summed E-state index contributed by atoms with van der Waals surface area (Å²) >= 11 is 0. The summed E-state index contributed by atoms with van der Waals surface area (Å²) in [6.07, 6.45) is 92.0. The number of amides is 1. The smallest absolute Gasteiger partial charge is 0.305 e. The van der Waals surface area contributed by atoms with Gasteiger partial charge in [0, 0.05) is 12.8 Å². The minimum atomic E-state index is -0.669. The number of allylic oxidation sites excluding steroid dienone is 6. The Morgan fingerprint density at radius 2 is 0.610 bits per heavy atom. The topological polar surface area (TPSA) is 95.9 Å². The van der Waals surface area contributed by atoms with Crippen LogP contribution in [0, 0.1) is 0 Å². The van der Waals surface area contributed by atoms with Crippen molar-refractivity contribution in [3.05, 3.63) is 36.5 Å². The molecule has 82 heavy (non-hydrogen) atoms. The van der Waals surface area contributed by atoms with Gasteiger partial charge in [-0.25, -0.2) is 0 Å². The highest BCUT2D eigenvalue weighted by molar-refractivity contribution is 5.76. The highest BCUT2D eigenvalue weighted by atomic mass is 16.5. The molecule has 0 saturated heterocycles. The minimum Gasteiger partial charge on any atom is -0.466 e. The van der Waals surface area contributed by atoms with Crippen molar-refractivity contribution in [3.63, 3.8) is 0 Å². The lowest BCUT2D eigenvalue weighted by atomic mass is 10.0. The third kappa shape index (κ3) is 67.2. The maximum absolute atomic E-state index is 12.6. The van der Waals surface area contributed by atoms with Gasteiger partial charge in [-0.05, 0) is 83.5 Å². The van der Waals surface area contributed by atoms with E-state index in [0.29, 0.717) is 25.9 Å². The zero-order chi connectivity index (χ0) is 59.2. The monoisotopic (exact) mass is 1150 g/mol. The van der Waals surface area contributed by atoms with Gasteiger partial charge < -0.3 is 20.3 Å². The summed E-state index contributed by atoms with van der Waals surface area (Å²) < 4.78 is 5.50. The van der Waals surface area contributed by atoms with Gasteiger partial charge in [-0.2, -0.15) is 0 Å². The molecular formula is C76H145NO5. The molecule has 0 radical (unpaired) electrons. The lowest BCUT2D eigenvalue weighted by Crippen LogP contribution is -2.45. The first-order chi connectivity index (χ1) is 40.5. The standard InChI is InChI=1S/C76H145NO5/c1-3-5-7-9-11-13-15-17-19-21-23-24-27-30-33-36-40-44-48-52-56-60-64-68-74(79)73(72-78)77-75(80)69-65-61-57-53-49-45-41-37-34-31-28-25-26-29-32-35-39-43-47-51-55-59-63-67-71-82-76(81)70-66-62-58-54-50-46-42-38-22-20-18-16-14-12-10-8-6-4-2/h14,16,20,22,28,31,73-74,78-79H,3-13,15,17-19,21,23-27,29-30,32-72H2,1-2H3,(H,77,80)/b16-14-,22-20-,31-28-. The van der Waals surface area contributed by atoms with Crippen LogP contribution in [-0.2, 0) is 14.3 Å². The summed E-state index contributed by atoms with van der Waals surface area (Å²) in [5.74, 6) is -0.0291. The van der Waals surface area contributed by atoms with E-state index in [0.717, 1.165) is 51.4 Å². The molecule has 6 nitrogen and oxygen atoms in total. The summed E-state index contributed by atoms with van der Waals surface area (Å²) in [7, 11) is 0. The second kappa shape index (κ2) is 71.6. The van der Waals surface area contributed by atoms with Gasteiger partial charge in [-0.3, -0.25) is 9.59 Å². The first kappa shape index (κ1) is 80.1. The van der Waals surface area contributed by atoms with Gasteiger partial charge in [-0.15, -0.1) is 0 Å². The molecule has 2 atom stereocenters. The molecule has 0 heterocycles. The van der Waals surface area contributed by atoms with E-state index in [-0.39, 0.29) is 18.5 Å². The lowest BCUT2D eigenvalue weighted by Gasteiger charge is -2.22. The van der Waals surface area contributed by atoms with Gasteiger partial charge in [-0.1, -0.05) is 352 Å². The first-order valence-electron chi connectivity index (χ1n) is 37.2. The van der Waals surface area contributed by atoms with Crippen LogP contribution < -0.4 is 5.32 Å². The van der Waals surface area contributed by atoms with Gasteiger partial charge in [0.15, 0.2) is 0 Å². The van der Waals surface area contributed by atoms with Crippen molar-refractivity contribution in [2.45, 2.75) is 424 Å². The summed E-state index contributed by atoms with van der Waals surface area (Å²) in [5.41, 5.74) is 0. The van der Waals surface area contributed by atoms with E-state index >= 15 is 0 Å². The largest absolute Gasteiger partial charge is 0.466 e. The van der Waals surface area contributed by atoms with Crippen molar-refractivity contribution in [2.24, 2.45) is 0 Å². The number of carbonyl (C=O) groups excluding carboxylic acids is 2. The van der Waals surface area contributed by atoms with E-state index in [1.165, 1.54) is 327 Å². The van der Waals surface area contributed by atoms with Crippen molar-refractivity contribution in [1.29, 1.82) is 0 Å². The highest BCUT2D eigenvalue weighted by Gasteiger charge is 2.20. The maximum atomic E-state index is 12.6. The second-order valence-electron chi connectivity index (χ2n) is 25.6. The highest BCUT2D eigenvalue weighted by Crippen LogP contribution is 2.19. The molecule has 484 valence electrons. The Balaban J connectivity index is 3.40. The Morgan fingerprint density at radius 3 is 0.951 bits per heavy atom. The van der Waals surface area contributed by atoms with Crippen LogP contribution in [0.3, 0.4) is 0 Å².